The molecule has 0 aromatic heterocycles. The monoisotopic (exact) mass is 315 g/mol. The summed E-state index contributed by atoms with van der Waals surface area (Å²) in [6, 6.07) is 5.93. The van der Waals surface area contributed by atoms with Gasteiger partial charge in [0, 0.05) is 18.1 Å². The normalized spacial score (nSPS) is 11.2. The third-order valence-corrected chi connectivity index (χ3v) is 4.66. The van der Waals surface area contributed by atoms with E-state index in [-0.39, 0.29) is 11.3 Å². The number of sulfonamides is 1. The number of rotatable bonds is 9. The standard InChI is InChI=1S/C13H17NO4S2/c1-2-7-19-8-6-14-20(17,18)10-11-4-3-5-12(9-11)13(15)16/h2-5,9,14H,1,6-8,10H2,(H,15,16). The Morgan fingerprint density at radius 2 is 2.20 bits per heavy atom. The number of nitrogens with one attached hydrogen (secondary N) is 1. The minimum absolute atomic E-state index is 0.0826. The first-order valence-electron chi connectivity index (χ1n) is 5.93. The molecule has 0 aliphatic rings. The number of thioether (sulfide) groups is 1. The summed E-state index contributed by atoms with van der Waals surface area (Å²) in [6.45, 7) is 3.92. The Morgan fingerprint density at radius 1 is 1.45 bits per heavy atom. The van der Waals surface area contributed by atoms with Crippen LogP contribution < -0.4 is 4.72 Å². The van der Waals surface area contributed by atoms with E-state index in [1.807, 2.05) is 0 Å². The van der Waals surface area contributed by atoms with Gasteiger partial charge in [-0.1, -0.05) is 18.2 Å². The van der Waals surface area contributed by atoms with Crippen molar-refractivity contribution in [2.45, 2.75) is 5.75 Å². The molecule has 0 saturated carbocycles. The molecule has 0 unspecified atom stereocenters. The second-order valence-corrected chi connectivity index (χ2v) is 6.98. The molecule has 0 amide bonds. The molecule has 0 bridgehead atoms. The molecular formula is C13H17NO4S2. The molecule has 1 aromatic rings. The molecule has 0 fully saturated rings. The molecule has 0 atom stereocenters. The SMILES string of the molecule is C=CCSCCNS(=O)(=O)Cc1cccc(C(=O)O)c1. The van der Waals surface area contributed by atoms with Crippen LogP contribution in [0.5, 0.6) is 0 Å². The van der Waals surface area contributed by atoms with E-state index >= 15 is 0 Å². The Hall–Kier alpha value is -1.31. The van der Waals surface area contributed by atoms with Gasteiger partial charge < -0.3 is 5.11 Å². The average Bonchev–Trinajstić information content (AvgIpc) is 2.38. The van der Waals surface area contributed by atoms with E-state index in [1.54, 1.807) is 23.9 Å². The van der Waals surface area contributed by atoms with Crippen LogP contribution in [0.1, 0.15) is 15.9 Å². The summed E-state index contributed by atoms with van der Waals surface area (Å²) in [4.78, 5) is 10.8. The number of carboxylic acid groups (broad SMARTS) is 1. The van der Waals surface area contributed by atoms with Crippen LogP contribution in [0.2, 0.25) is 0 Å². The predicted molar refractivity (Wildman–Crippen MR) is 81.5 cm³/mol. The van der Waals surface area contributed by atoms with Gasteiger partial charge in [-0.15, -0.1) is 6.58 Å². The van der Waals surface area contributed by atoms with Crippen LogP contribution >= 0.6 is 11.8 Å². The molecular weight excluding hydrogens is 298 g/mol. The highest BCUT2D eigenvalue weighted by Crippen LogP contribution is 2.09. The number of aromatic carboxylic acids is 1. The number of benzene rings is 1. The molecule has 0 heterocycles. The van der Waals surface area contributed by atoms with E-state index in [9.17, 15) is 13.2 Å². The summed E-state index contributed by atoms with van der Waals surface area (Å²) in [5.41, 5.74) is 0.537. The first kappa shape index (κ1) is 16.7. The summed E-state index contributed by atoms with van der Waals surface area (Å²) in [5.74, 6) is 0.154. The number of hydrogen-bond acceptors (Lipinski definition) is 4. The highest BCUT2D eigenvalue weighted by Gasteiger charge is 2.12. The van der Waals surface area contributed by atoms with Crippen LogP contribution in [-0.2, 0) is 15.8 Å². The molecule has 0 aliphatic carbocycles. The molecule has 0 radical (unpaired) electrons. The van der Waals surface area contributed by atoms with Gasteiger partial charge >= 0.3 is 5.97 Å². The van der Waals surface area contributed by atoms with Crippen molar-refractivity contribution in [2.75, 3.05) is 18.1 Å². The van der Waals surface area contributed by atoms with Crippen LogP contribution in [0.4, 0.5) is 0 Å². The Labute approximate surface area is 123 Å². The summed E-state index contributed by atoms with van der Waals surface area (Å²) < 4.78 is 26.1. The van der Waals surface area contributed by atoms with E-state index in [2.05, 4.69) is 11.3 Å². The van der Waals surface area contributed by atoms with E-state index in [4.69, 9.17) is 5.11 Å². The van der Waals surface area contributed by atoms with Crippen molar-refractivity contribution in [3.05, 3.63) is 48.0 Å². The van der Waals surface area contributed by atoms with E-state index in [0.717, 1.165) is 5.75 Å². The lowest BCUT2D eigenvalue weighted by Gasteiger charge is -2.07. The quantitative estimate of drug-likeness (QED) is 0.535. The lowest BCUT2D eigenvalue weighted by molar-refractivity contribution is 0.0696. The van der Waals surface area contributed by atoms with Crippen LogP contribution in [0.3, 0.4) is 0 Å². The summed E-state index contributed by atoms with van der Waals surface area (Å²) in [6.07, 6.45) is 1.76. The van der Waals surface area contributed by atoms with Crippen molar-refractivity contribution in [2.24, 2.45) is 0 Å². The predicted octanol–water partition coefficient (Wildman–Crippen LogP) is 1.72. The molecule has 0 aliphatic heterocycles. The number of carbonyl (C=O) groups is 1. The molecule has 0 spiro atoms. The molecule has 1 rings (SSSR count). The van der Waals surface area contributed by atoms with Gasteiger partial charge in [-0.3, -0.25) is 0 Å². The molecule has 2 N–H and O–H groups in total. The maximum Gasteiger partial charge on any atom is 0.335 e. The first-order chi connectivity index (χ1) is 9.44. The highest BCUT2D eigenvalue weighted by atomic mass is 32.2. The van der Waals surface area contributed by atoms with Crippen molar-refractivity contribution in [3.63, 3.8) is 0 Å². The molecule has 20 heavy (non-hydrogen) atoms. The average molecular weight is 315 g/mol. The first-order valence-corrected chi connectivity index (χ1v) is 8.73. The van der Waals surface area contributed by atoms with Crippen molar-refractivity contribution in [1.29, 1.82) is 0 Å². The topological polar surface area (TPSA) is 83.5 Å². The van der Waals surface area contributed by atoms with Crippen LogP contribution in [0, 0.1) is 0 Å². The molecule has 7 heteroatoms. The van der Waals surface area contributed by atoms with Crippen molar-refractivity contribution in [1.82, 2.24) is 4.72 Å². The highest BCUT2D eigenvalue weighted by molar-refractivity contribution is 7.99. The summed E-state index contributed by atoms with van der Waals surface area (Å²) in [5, 5.41) is 8.86. The lowest BCUT2D eigenvalue weighted by Crippen LogP contribution is -2.27. The largest absolute Gasteiger partial charge is 0.478 e. The van der Waals surface area contributed by atoms with Gasteiger partial charge in [-0.2, -0.15) is 11.8 Å². The Bertz CT molecular complexity index is 569. The van der Waals surface area contributed by atoms with Gasteiger partial charge in [-0.25, -0.2) is 17.9 Å². The maximum absolute atomic E-state index is 11.8. The van der Waals surface area contributed by atoms with Gasteiger partial charge in [0.2, 0.25) is 10.0 Å². The van der Waals surface area contributed by atoms with Crippen molar-refractivity contribution >= 4 is 27.8 Å². The van der Waals surface area contributed by atoms with Crippen molar-refractivity contribution < 1.29 is 18.3 Å². The molecule has 1 aromatic carbocycles. The number of carboxylic acids is 1. The fourth-order valence-electron chi connectivity index (χ4n) is 1.50. The smallest absolute Gasteiger partial charge is 0.335 e. The maximum atomic E-state index is 11.8. The van der Waals surface area contributed by atoms with Crippen LogP contribution in [0.15, 0.2) is 36.9 Å². The zero-order valence-electron chi connectivity index (χ0n) is 10.9. The van der Waals surface area contributed by atoms with E-state index in [1.165, 1.54) is 18.2 Å². The summed E-state index contributed by atoms with van der Waals surface area (Å²) >= 11 is 1.58. The minimum Gasteiger partial charge on any atom is -0.478 e. The van der Waals surface area contributed by atoms with Gasteiger partial charge in [0.15, 0.2) is 0 Å². The van der Waals surface area contributed by atoms with E-state index < -0.39 is 16.0 Å². The third-order valence-electron chi connectivity index (χ3n) is 2.33. The Balaban J connectivity index is 2.55. The van der Waals surface area contributed by atoms with Gasteiger partial charge in [0.25, 0.3) is 0 Å². The fraction of sp³-hybridized carbons (Fsp3) is 0.308. The number of hydrogen-bond donors (Lipinski definition) is 2. The zero-order valence-corrected chi connectivity index (χ0v) is 12.5. The van der Waals surface area contributed by atoms with Crippen LogP contribution in [0.25, 0.3) is 0 Å². The zero-order chi connectivity index (χ0) is 15.0. The van der Waals surface area contributed by atoms with Crippen molar-refractivity contribution in [3.8, 4) is 0 Å². The Morgan fingerprint density at radius 3 is 2.85 bits per heavy atom. The molecule has 110 valence electrons. The second-order valence-electron chi connectivity index (χ2n) is 4.02. The van der Waals surface area contributed by atoms with Gasteiger partial charge in [-0.05, 0) is 17.7 Å². The third kappa shape index (κ3) is 6.23. The van der Waals surface area contributed by atoms with Crippen LogP contribution in [-0.4, -0.2) is 37.5 Å². The second kappa shape index (κ2) is 8.08. The van der Waals surface area contributed by atoms with E-state index in [0.29, 0.717) is 17.9 Å². The Kier molecular flexibility index (Phi) is 6.77. The van der Waals surface area contributed by atoms with Gasteiger partial charge in [0.05, 0.1) is 11.3 Å². The fourth-order valence-corrected chi connectivity index (χ4v) is 3.34. The summed E-state index contributed by atoms with van der Waals surface area (Å²) in [7, 11) is -3.45. The van der Waals surface area contributed by atoms with Gasteiger partial charge in [0.1, 0.15) is 0 Å². The molecule has 0 saturated heterocycles. The lowest BCUT2D eigenvalue weighted by atomic mass is 10.1. The minimum atomic E-state index is -3.45. The molecule has 5 nitrogen and oxygen atoms in total.